The van der Waals surface area contributed by atoms with E-state index in [0.29, 0.717) is 19.8 Å². The Labute approximate surface area is 90.8 Å². The number of hydrogen-bond acceptors (Lipinski definition) is 2. The van der Waals surface area contributed by atoms with Crippen LogP contribution in [0, 0.1) is 0 Å². The Bertz CT molecular complexity index is 278. The van der Waals surface area contributed by atoms with Gasteiger partial charge in [0.25, 0.3) is 0 Å². The highest BCUT2D eigenvalue weighted by atomic mass is 19.4. The second-order valence-corrected chi connectivity index (χ2v) is 3.58. The molecule has 0 radical (unpaired) electrons. The van der Waals surface area contributed by atoms with Gasteiger partial charge in [-0.3, -0.25) is 4.79 Å². The lowest BCUT2D eigenvalue weighted by Gasteiger charge is -2.28. The molecule has 0 aliphatic rings. The minimum absolute atomic E-state index is 0.116. The number of hydrogen-bond donors (Lipinski definition) is 2. The van der Waals surface area contributed by atoms with Gasteiger partial charge in [0.2, 0.25) is 11.4 Å². The van der Waals surface area contributed by atoms with Gasteiger partial charge < -0.3 is 10.4 Å². The van der Waals surface area contributed by atoms with E-state index in [4.69, 9.17) is 5.11 Å². The number of unbranched alkanes of at least 4 members (excludes halogenated alkanes) is 1. The van der Waals surface area contributed by atoms with Gasteiger partial charge in [0, 0.05) is 6.42 Å². The molecule has 0 saturated carbocycles. The Morgan fingerprint density at radius 3 is 2.12 bits per heavy atom. The topological polar surface area (TPSA) is 66.4 Å². The monoisotopic (exact) mass is 241 g/mol. The highest BCUT2D eigenvalue weighted by molar-refractivity contribution is 5.87. The number of carboxylic acids is 1. The molecule has 0 aromatic heterocycles. The van der Waals surface area contributed by atoms with Gasteiger partial charge in [-0.05, 0) is 13.3 Å². The number of alkyl halides is 3. The van der Waals surface area contributed by atoms with Crippen molar-refractivity contribution >= 4 is 11.9 Å². The van der Waals surface area contributed by atoms with Crippen molar-refractivity contribution in [3.63, 3.8) is 0 Å². The van der Waals surface area contributed by atoms with Gasteiger partial charge in [0.1, 0.15) is 0 Å². The molecule has 0 spiro atoms. The first kappa shape index (κ1) is 14.7. The summed E-state index contributed by atoms with van der Waals surface area (Å²) in [5.41, 5.74) is -3.22. The highest BCUT2D eigenvalue weighted by Crippen LogP contribution is 2.30. The number of carboxylic acid groups (broad SMARTS) is 1. The van der Waals surface area contributed by atoms with Gasteiger partial charge in [-0.1, -0.05) is 13.3 Å². The van der Waals surface area contributed by atoms with E-state index in [0.717, 1.165) is 0 Å². The van der Waals surface area contributed by atoms with E-state index >= 15 is 0 Å². The molecule has 0 aliphatic heterocycles. The van der Waals surface area contributed by atoms with Crippen LogP contribution in [0.3, 0.4) is 0 Å². The van der Waals surface area contributed by atoms with Gasteiger partial charge >= 0.3 is 12.1 Å². The first-order chi connectivity index (χ1) is 7.15. The van der Waals surface area contributed by atoms with Crippen LogP contribution in [0.4, 0.5) is 13.2 Å². The maximum absolute atomic E-state index is 12.4. The molecular weight excluding hydrogens is 227 g/mol. The van der Waals surface area contributed by atoms with Crippen LogP contribution in [0.1, 0.15) is 33.1 Å². The van der Waals surface area contributed by atoms with Gasteiger partial charge in [0.15, 0.2) is 0 Å². The second kappa shape index (κ2) is 5.18. The van der Waals surface area contributed by atoms with E-state index in [-0.39, 0.29) is 6.42 Å². The van der Waals surface area contributed by atoms with Crippen LogP contribution in [-0.2, 0) is 9.59 Å². The highest BCUT2D eigenvalue weighted by Gasteiger charge is 2.58. The molecule has 2 N–H and O–H groups in total. The van der Waals surface area contributed by atoms with Crippen LogP contribution in [0.25, 0.3) is 0 Å². The summed E-state index contributed by atoms with van der Waals surface area (Å²) >= 11 is 0. The number of nitrogens with one attached hydrogen (secondary N) is 1. The summed E-state index contributed by atoms with van der Waals surface area (Å²) < 4.78 is 37.3. The first-order valence-electron chi connectivity index (χ1n) is 4.76. The summed E-state index contributed by atoms with van der Waals surface area (Å²) in [5.74, 6) is -3.03. The van der Waals surface area contributed by atoms with E-state index in [1.807, 2.05) is 0 Å². The van der Waals surface area contributed by atoms with Crippen LogP contribution < -0.4 is 5.32 Å². The van der Waals surface area contributed by atoms with E-state index in [1.54, 1.807) is 6.92 Å². The van der Waals surface area contributed by atoms with Gasteiger partial charge in [-0.15, -0.1) is 0 Å². The molecule has 0 bridgehead atoms. The fraction of sp³-hybridized carbons (Fsp3) is 0.778. The van der Waals surface area contributed by atoms with Crippen molar-refractivity contribution in [2.45, 2.75) is 44.8 Å². The number of aliphatic carboxylic acids is 1. The molecule has 0 aliphatic carbocycles. The predicted molar refractivity (Wildman–Crippen MR) is 49.8 cm³/mol. The van der Waals surface area contributed by atoms with E-state index in [9.17, 15) is 22.8 Å². The van der Waals surface area contributed by atoms with Crippen LogP contribution >= 0.6 is 0 Å². The smallest absolute Gasteiger partial charge is 0.422 e. The minimum Gasteiger partial charge on any atom is -0.479 e. The summed E-state index contributed by atoms with van der Waals surface area (Å²) in [4.78, 5) is 21.6. The standard InChI is InChI=1S/C9H14F3NO3/c1-3-4-5-6(14)13-8(2,7(15)16)9(10,11)12/h3-5H2,1-2H3,(H,13,14)(H,15,16). The van der Waals surface area contributed by atoms with Crippen molar-refractivity contribution in [3.05, 3.63) is 0 Å². The van der Waals surface area contributed by atoms with Crippen molar-refractivity contribution in [1.82, 2.24) is 5.32 Å². The number of carbonyl (C=O) groups is 2. The number of rotatable bonds is 5. The first-order valence-corrected chi connectivity index (χ1v) is 4.76. The summed E-state index contributed by atoms with van der Waals surface area (Å²) in [6.45, 7) is 2.20. The molecule has 0 rings (SSSR count). The zero-order chi connectivity index (χ0) is 13.0. The van der Waals surface area contributed by atoms with E-state index in [2.05, 4.69) is 0 Å². The van der Waals surface area contributed by atoms with Crippen molar-refractivity contribution in [2.75, 3.05) is 0 Å². The van der Waals surface area contributed by atoms with Crippen molar-refractivity contribution in [3.8, 4) is 0 Å². The Balaban J connectivity index is 4.71. The van der Waals surface area contributed by atoms with Crippen LogP contribution in [-0.4, -0.2) is 28.7 Å². The maximum atomic E-state index is 12.4. The van der Waals surface area contributed by atoms with Crippen LogP contribution in [0.15, 0.2) is 0 Å². The second-order valence-electron chi connectivity index (χ2n) is 3.58. The molecule has 94 valence electrons. The summed E-state index contributed by atoms with van der Waals surface area (Å²) in [6.07, 6.45) is -4.08. The predicted octanol–water partition coefficient (Wildman–Crippen LogP) is 1.70. The number of carbonyl (C=O) groups excluding carboxylic acids is 1. The molecule has 0 saturated heterocycles. The van der Waals surface area contributed by atoms with Crippen molar-refractivity contribution in [1.29, 1.82) is 0 Å². The molecule has 0 aromatic carbocycles. The number of amides is 1. The molecule has 1 unspecified atom stereocenters. The Morgan fingerprint density at radius 1 is 1.31 bits per heavy atom. The minimum atomic E-state index is -5.03. The fourth-order valence-corrected chi connectivity index (χ4v) is 0.924. The van der Waals surface area contributed by atoms with Crippen molar-refractivity contribution < 1.29 is 27.9 Å². The molecule has 0 fully saturated rings. The summed E-state index contributed by atoms with van der Waals surface area (Å²) in [5, 5.41) is 10.0. The molecule has 16 heavy (non-hydrogen) atoms. The van der Waals surface area contributed by atoms with Crippen LogP contribution in [0.5, 0.6) is 0 Å². The largest absolute Gasteiger partial charge is 0.479 e. The third-order valence-corrected chi connectivity index (χ3v) is 2.14. The van der Waals surface area contributed by atoms with Crippen molar-refractivity contribution in [2.24, 2.45) is 0 Å². The maximum Gasteiger partial charge on any atom is 0.422 e. The SMILES string of the molecule is CCCCC(=O)NC(C)(C(=O)O)C(F)(F)F. The molecule has 0 heterocycles. The van der Waals surface area contributed by atoms with Gasteiger partial charge in [0.05, 0.1) is 0 Å². The Kier molecular flexibility index (Phi) is 4.77. The average Bonchev–Trinajstić information content (AvgIpc) is 2.12. The third-order valence-electron chi connectivity index (χ3n) is 2.14. The lowest BCUT2D eigenvalue weighted by molar-refractivity contribution is -0.207. The zero-order valence-corrected chi connectivity index (χ0v) is 9.02. The van der Waals surface area contributed by atoms with Crippen LogP contribution in [0.2, 0.25) is 0 Å². The molecular formula is C9H14F3NO3. The summed E-state index contributed by atoms with van der Waals surface area (Å²) in [7, 11) is 0. The molecule has 4 nitrogen and oxygen atoms in total. The van der Waals surface area contributed by atoms with E-state index < -0.39 is 23.6 Å². The zero-order valence-electron chi connectivity index (χ0n) is 9.02. The third kappa shape index (κ3) is 3.39. The molecule has 0 aromatic rings. The lowest BCUT2D eigenvalue weighted by Crippen LogP contribution is -2.61. The lowest BCUT2D eigenvalue weighted by atomic mass is 10.0. The fourth-order valence-electron chi connectivity index (χ4n) is 0.924. The normalized spacial score (nSPS) is 15.3. The molecule has 1 atom stereocenters. The number of halogens is 3. The average molecular weight is 241 g/mol. The molecule has 7 heteroatoms. The van der Waals surface area contributed by atoms with Gasteiger partial charge in [-0.2, -0.15) is 13.2 Å². The molecule has 1 amide bonds. The summed E-state index contributed by atoms with van der Waals surface area (Å²) in [6, 6.07) is 0. The quantitative estimate of drug-likeness (QED) is 0.769. The van der Waals surface area contributed by atoms with Gasteiger partial charge in [-0.25, -0.2) is 4.79 Å². The Hall–Kier alpha value is -1.27. The van der Waals surface area contributed by atoms with E-state index in [1.165, 1.54) is 5.32 Å². The Morgan fingerprint density at radius 2 is 1.81 bits per heavy atom.